The van der Waals surface area contributed by atoms with Crippen LogP contribution in [-0.2, 0) is 0 Å². The highest BCUT2D eigenvalue weighted by atomic mass is 16.5. The van der Waals surface area contributed by atoms with Gasteiger partial charge in [-0.05, 0) is 51.8 Å². The zero-order valence-corrected chi connectivity index (χ0v) is 12.5. The number of nitrogens with one attached hydrogen (secondary N) is 2. The van der Waals surface area contributed by atoms with Crippen molar-refractivity contribution in [3.05, 3.63) is 29.3 Å². The first kappa shape index (κ1) is 15.3. The summed E-state index contributed by atoms with van der Waals surface area (Å²) in [5, 5.41) is 5.60. The highest BCUT2D eigenvalue weighted by molar-refractivity contribution is 5.74. The summed E-state index contributed by atoms with van der Waals surface area (Å²) in [5.74, 6) is 0.873. The summed E-state index contributed by atoms with van der Waals surface area (Å²) >= 11 is 0. The largest absolute Gasteiger partial charge is 0.491 e. The number of benzene rings is 1. The number of carbonyl (C=O) groups is 1. The Morgan fingerprint density at radius 2 is 1.95 bits per heavy atom. The predicted octanol–water partition coefficient (Wildman–Crippen LogP) is 2.78. The molecule has 106 valence electrons. The van der Waals surface area contributed by atoms with Crippen molar-refractivity contribution in [3.63, 3.8) is 0 Å². The van der Waals surface area contributed by atoms with Crippen molar-refractivity contribution >= 4 is 6.03 Å². The van der Waals surface area contributed by atoms with Gasteiger partial charge in [-0.25, -0.2) is 4.79 Å². The maximum absolute atomic E-state index is 11.5. The van der Waals surface area contributed by atoms with Gasteiger partial charge in [-0.2, -0.15) is 0 Å². The second-order valence-electron chi connectivity index (χ2n) is 5.75. The van der Waals surface area contributed by atoms with Gasteiger partial charge in [0.15, 0.2) is 0 Å². The molecule has 1 aromatic carbocycles. The molecule has 0 fully saturated rings. The number of aryl methyl sites for hydroxylation is 2. The summed E-state index contributed by atoms with van der Waals surface area (Å²) < 4.78 is 5.66. The number of hydrogen-bond donors (Lipinski definition) is 2. The molecule has 0 heterocycles. The lowest BCUT2D eigenvalue weighted by Crippen LogP contribution is -2.47. The van der Waals surface area contributed by atoms with E-state index in [1.54, 1.807) is 0 Å². The lowest BCUT2D eigenvalue weighted by atomic mass is 10.1. The Kier molecular flexibility index (Phi) is 5.21. The van der Waals surface area contributed by atoms with Gasteiger partial charge in [0.2, 0.25) is 0 Å². The second kappa shape index (κ2) is 6.45. The van der Waals surface area contributed by atoms with Crippen LogP contribution in [0.4, 0.5) is 4.79 Å². The van der Waals surface area contributed by atoms with E-state index in [1.165, 1.54) is 5.56 Å². The van der Waals surface area contributed by atoms with Crippen molar-refractivity contribution < 1.29 is 9.53 Å². The Balaban J connectivity index is 2.31. The van der Waals surface area contributed by atoms with Crippen LogP contribution in [0.5, 0.6) is 5.75 Å². The van der Waals surface area contributed by atoms with Crippen LogP contribution < -0.4 is 15.4 Å². The summed E-state index contributed by atoms with van der Waals surface area (Å²) in [6.45, 7) is 10.8. The lowest BCUT2D eigenvalue weighted by Gasteiger charge is -2.20. The Labute approximate surface area is 115 Å². The number of hydrogen-bond acceptors (Lipinski definition) is 2. The molecule has 4 nitrogen and oxygen atoms in total. The van der Waals surface area contributed by atoms with Gasteiger partial charge < -0.3 is 15.4 Å². The monoisotopic (exact) mass is 264 g/mol. The van der Waals surface area contributed by atoms with E-state index < -0.39 is 0 Å². The van der Waals surface area contributed by atoms with Crippen LogP contribution in [0.25, 0.3) is 0 Å². The minimum atomic E-state index is -0.224. The van der Waals surface area contributed by atoms with Gasteiger partial charge in [0, 0.05) is 5.54 Å². The quantitative estimate of drug-likeness (QED) is 0.822. The number of amides is 2. The molecule has 1 aromatic rings. The molecule has 0 aromatic heterocycles. The molecule has 1 rings (SSSR count). The zero-order chi connectivity index (χ0) is 14.5. The van der Waals surface area contributed by atoms with Gasteiger partial charge in [-0.15, -0.1) is 0 Å². The zero-order valence-electron chi connectivity index (χ0n) is 12.5. The molecule has 0 aliphatic carbocycles. The van der Waals surface area contributed by atoms with Crippen molar-refractivity contribution in [1.29, 1.82) is 0 Å². The van der Waals surface area contributed by atoms with Gasteiger partial charge in [-0.3, -0.25) is 0 Å². The SMILES string of the molecule is Cc1ccc(C)c(OCCNC(=O)NC(C)(C)C)c1. The van der Waals surface area contributed by atoms with Crippen molar-refractivity contribution in [2.45, 2.75) is 40.2 Å². The Bertz CT molecular complexity index is 436. The molecule has 0 radical (unpaired) electrons. The van der Waals surface area contributed by atoms with Crippen molar-refractivity contribution in [2.75, 3.05) is 13.2 Å². The first-order valence-corrected chi connectivity index (χ1v) is 6.54. The minimum absolute atomic E-state index is 0.169. The average Bonchev–Trinajstić information content (AvgIpc) is 2.26. The third-order valence-electron chi connectivity index (χ3n) is 2.48. The van der Waals surface area contributed by atoms with E-state index in [0.29, 0.717) is 13.2 Å². The fraction of sp³-hybridized carbons (Fsp3) is 0.533. The van der Waals surface area contributed by atoms with E-state index in [2.05, 4.69) is 16.7 Å². The molecule has 0 aliphatic rings. The van der Waals surface area contributed by atoms with Gasteiger partial charge >= 0.3 is 6.03 Å². The van der Waals surface area contributed by atoms with Gasteiger partial charge in [0.05, 0.1) is 6.54 Å². The molecule has 0 aliphatic heterocycles. The highest BCUT2D eigenvalue weighted by Gasteiger charge is 2.12. The van der Waals surface area contributed by atoms with Crippen molar-refractivity contribution in [3.8, 4) is 5.75 Å². The smallest absolute Gasteiger partial charge is 0.315 e. The van der Waals surface area contributed by atoms with Crippen LogP contribution in [0.15, 0.2) is 18.2 Å². The normalized spacial score (nSPS) is 11.0. The first-order valence-electron chi connectivity index (χ1n) is 6.54. The topological polar surface area (TPSA) is 50.4 Å². The summed E-state index contributed by atoms with van der Waals surface area (Å²) in [7, 11) is 0. The van der Waals surface area contributed by atoms with Gasteiger partial charge in [0.25, 0.3) is 0 Å². The second-order valence-corrected chi connectivity index (χ2v) is 5.75. The van der Waals surface area contributed by atoms with Gasteiger partial charge in [-0.1, -0.05) is 12.1 Å². The molecule has 0 bridgehead atoms. The van der Waals surface area contributed by atoms with E-state index in [1.807, 2.05) is 46.8 Å². The molecule has 4 heteroatoms. The fourth-order valence-corrected chi connectivity index (χ4v) is 1.57. The van der Waals surface area contributed by atoms with Crippen LogP contribution >= 0.6 is 0 Å². The van der Waals surface area contributed by atoms with Crippen LogP contribution in [0.1, 0.15) is 31.9 Å². The summed E-state index contributed by atoms with van der Waals surface area (Å²) in [6, 6.07) is 5.92. The summed E-state index contributed by atoms with van der Waals surface area (Å²) in [4.78, 5) is 11.5. The Morgan fingerprint density at radius 1 is 1.26 bits per heavy atom. The molecular weight excluding hydrogens is 240 g/mol. The van der Waals surface area contributed by atoms with E-state index in [9.17, 15) is 4.79 Å². The predicted molar refractivity (Wildman–Crippen MR) is 77.7 cm³/mol. The van der Waals surface area contributed by atoms with Crippen LogP contribution in [0, 0.1) is 13.8 Å². The third-order valence-corrected chi connectivity index (χ3v) is 2.48. The maximum atomic E-state index is 11.5. The van der Waals surface area contributed by atoms with E-state index >= 15 is 0 Å². The summed E-state index contributed by atoms with van der Waals surface area (Å²) in [5.41, 5.74) is 2.04. The molecule has 0 atom stereocenters. The van der Waals surface area contributed by atoms with E-state index in [0.717, 1.165) is 11.3 Å². The maximum Gasteiger partial charge on any atom is 0.315 e. The van der Waals surface area contributed by atoms with Crippen molar-refractivity contribution in [1.82, 2.24) is 10.6 Å². The fourth-order valence-electron chi connectivity index (χ4n) is 1.57. The van der Waals surface area contributed by atoms with Gasteiger partial charge in [0.1, 0.15) is 12.4 Å². The van der Waals surface area contributed by atoms with Crippen LogP contribution in [-0.4, -0.2) is 24.7 Å². The lowest BCUT2D eigenvalue weighted by molar-refractivity contribution is 0.228. The molecular formula is C15H24N2O2. The number of urea groups is 1. The van der Waals surface area contributed by atoms with Crippen molar-refractivity contribution in [2.24, 2.45) is 0 Å². The highest BCUT2D eigenvalue weighted by Crippen LogP contribution is 2.18. The molecule has 0 unspecified atom stereocenters. The molecule has 0 spiro atoms. The number of carbonyl (C=O) groups excluding carboxylic acids is 1. The van der Waals surface area contributed by atoms with Crippen LogP contribution in [0.2, 0.25) is 0 Å². The minimum Gasteiger partial charge on any atom is -0.491 e. The average molecular weight is 264 g/mol. The molecule has 0 saturated carbocycles. The standard InChI is InChI=1S/C15H24N2O2/c1-11-6-7-12(2)13(10-11)19-9-8-16-14(18)17-15(3,4)5/h6-7,10H,8-9H2,1-5H3,(H2,16,17,18). The van der Waals surface area contributed by atoms with E-state index in [4.69, 9.17) is 4.74 Å². The Morgan fingerprint density at radius 3 is 2.58 bits per heavy atom. The molecule has 19 heavy (non-hydrogen) atoms. The molecule has 0 saturated heterocycles. The first-order chi connectivity index (χ1) is 8.78. The molecule has 2 N–H and O–H groups in total. The number of ether oxygens (including phenoxy) is 1. The van der Waals surface area contributed by atoms with E-state index in [-0.39, 0.29) is 11.6 Å². The Hall–Kier alpha value is -1.71. The molecule has 2 amide bonds. The summed E-state index contributed by atoms with van der Waals surface area (Å²) in [6.07, 6.45) is 0. The van der Waals surface area contributed by atoms with Crippen LogP contribution in [0.3, 0.4) is 0 Å². The third kappa shape index (κ3) is 6.13. The number of rotatable bonds is 4.